The second kappa shape index (κ2) is 9.91. The van der Waals surface area contributed by atoms with E-state index in [2.05, 4.69) is 10.3 Å². The van der Waals surface area contributed by atoms with Gasteiger partial charge in [0, 0.05) is 31.4 Å². The number of hydrogen-bond donors (Lipinski definition) is 2. The van der Waals surface area contributed by atoms with Crippen LogP contribution in [0.15, 0.2) is 36.5 Å². The summed E-state index contributed by atoms with van der Waals surface area (Å²) in [6.07, 6.45) is 2.43. The zero-order valence-corrected chi connectivity index (χ0v) is 21.8. The van der Waals surface area contributed by atoms with Gasteiger partial charge in [-0.2, -0.15) is 13.2 Å². The van der Waals surface area contributed by atoms with Crippen molar-refractivity contribution in [2.24, 2.45) is 23.2 Å². The maximum Gasteiger partial charge on any atom is 0.417 e. The number of halogens is 3. The van der Waals surface area contributed by atoms with Crippen LogP contribution in [0.25, 0.3) is 0 Å². The van der Waals surface area contributed by atoms with Crippen molar-refractivity contribution < 1.29 is 27.9 Å². The summed E-state index contributed by atoms with van der Waals surface area (Å²) in [4.78, 5) is 31.7. The quantitative estimate of drug-likeness (QED) is 0.551. The van der Waals surface area contributed by atoms with Crippen LogP contribution in [0, 0.1) is 23.2 Å². The topological polar surface area (TPSA) is 82.5 Å². The zero-order chi connectivity index (χ0) is 27.4. The third-order valence-electron chi connectivity index (χ3n) is 9.95. The Labute approximate surface area is 226 Å². The van der Waals surface area contributed by atoms with Crippen LogP contribution in [0.1, 0.15) is 77.2 Å². The Kier molecular flexibility index (Phi) is 6.68. The Morgan fingerprint density at radius 3 is 2.82 bits per heavy atom. The first kappa shape index (κ1) is 26.3. The van der Waals surface area contributed by atoms with Gasteiger partial charge in [0.15, 0.2) is 0 Å². The molecule has 2 N–H and O–H groups in total. The molecule has 2 unspecified atom stereocenters. The van der Waals surface area contributed by atoms with Gasteiger partial charge in [0.2, 0.25) is 5.91 Å². The molecule has 9 heteroatoms. The second-order valence-electron chi connectivity index (χ2n) is 11.9. The van der Waals surface area contributed by atoms with E-state index < -0.39 is 23.1 Å². The molecule has 3 heterocycles. The fourth-order valence-electron chi connectivity index (χ4n) is 8.13. The zero-order valence-electron chi connectivity index (χ0n) is 21.8. The number of rotatable bonds is 4. The van der Waals surface area contributed by atoms with E-state index in [1.54, 1.807) is 17.0 Å². The van der Waals surface area contributed by atoms with Gasteiger partial charge in [-0.1, -0.05) is 18.6 Å². The predicted molar refractivity (Wildman–Crippen MR) is 138 cm³/mol. The molecule has 6 nitrogen and oxygen atoms in total. The Bertz CT molecular complexity index is 1280. The van der Waals surface area contributed by atoms with Gasteiger partial charge in [-0.3, -0.25) is 9.78 Å². The van der Waals surface area contributed by atoms with Crippen LogP contribution in [0.5, 0.6) is 0 Å². The molecule has 3 fully saturated rings. The lowest BCUT2D eigenvalue weighted by Gasteiger charge is -2.39. The fraction of sp³-hybridized carbons (Fsp3) is 0.567. The number of carbonyl (C=O) groups excluding carboxylic acids is 1. The SMILES string of the molecule is O=C(O)c1cccc(C2CCNCC2[C@H]2C[C@H]3CCC[C@@]3(C(=O)N3CCc4ncc(C(F)(F)F)cc4C3)C2)c1. The third kappa shape index (κ3) is 4.72. The van der Waals surface area contributed by atoms with Crippen LogP contribution in [0.2, 0.25) is 0 Å². The molecule has 2 saturated carbocycles. The van der Waals surface area contributed by atoms with E-state index in [1.807, 2.05) is 12.1 Å². The monoisotopic (exact) mass is 541 g/mol. The number of aromatic nitrogens is 1. The molecule has 208 valence electrons. The highest BCUT2D eigenvalue weighted by Crippen LogP contribution is 2.60. The molecule has 0 radical (unpaired) electrons. The number of fused-ring (bicyclic) bond motifs is 2. The van der Waals surface area contributed by atoms with E-state index in [0.717, 1.165) is 69.4 Å². The minimum absolute atomic E-state index is 0.101. The normalized spacial score (nSPS) is 30.6. The van der Waals surface area contributed by atoms with Gasteiger partial charge in [-0.05, 0) is 98.2 Å². The highest BCUT2D eigenvalue weighted by atomic mass is 19.4. The molecule has 1 aromatic heterocycles. The van der Waals surface area contributed by atoms with E-state index >= 15 is 0 Å². The molecule has 5 atom stereocenters. The van der Waals surface area contributed by atoms with Crippen molar-refractivity contribution in [3.63, 3.8) is 0 Å². The molecular formula is C30H34F3N3O3. The first-order valence-corrected chi connectivity index (χ1v) is 14.0. The maximum absolute atomic E-state index is 14.2. The average Bonchev–Trinajstić information content (AvgIpc) is 3.50. The van der Waals surface area contributed by atoms with Crippen molar-refractivity contribution in [1.82, 2.24) is 15.2 Å². The van der Waals surface area contributed by atoms with Crippen LogP contribution in [0.4, 0.5) is 13.2 Å². The number of aromatic carboxylic acids is 1. The van der Waals surface area contributed by atoms with Crippen molar-refractivity contribution in [2.75, 3.05) is 19.6 Å². The molecule has 1 aromatic carbocycles. The Balaban J connectivity index is 1.23. The number of nitrogens with one attached hydrogen (secondary N) is 1. The molecule has 1 saturated heterocycles. The summed E-state index contributed by atoms with van der Waals surface area (Å²) in [6.45, 7) is 2.38. The van der Waals surface area contributed by atoms with E-state index in [4.69, 9.17) is 0 Å². The predicted octanol–water partition coefficient (Wildman–Crippen LogP) is 5.27. The van der Waals surface area contributed by atoms with Crippen molar-refractivity contribution >= 4 is 11.9 Å². The lowest BCUT2D eigenvalue weighted by Crippen LogP contribution is -2.46. The number of amides is 1. The Morgan fingerprint density at radius 2 is 2.03 bits per heavy atom. The summed E-state index contributed by atoms with van der Waals surface area (Å²) in [5, 5.41) is 13.1. The Morgan fingerprint density at radius 1 is 1.18 bits per heavy atom. The number of carboxylic acid groups (broad SMARTS) is 1. The van der Waals surface area contributed by atoms with Gasteiger partial charge < -0.3 is 15.3 Å². The van der Waals surface area contributed by atoms with E-state index in [0.29, 0.717) is 41.6 Å². The van der Waals surface area contributed by atoms with Crippen molar-refractivity contribution in [2.45, 2.75) is 63.6 Å². The summed E-state index contributed by atoms with van der Waals surface area (Å²) >= 11 is 0. The van der Waals surface area contributed by atoms with Crippen LogP contribution < -0.4 is 5.32 Å². The van der Waals surface area contributed by atoms with E-state index in [9.17, 15) is 27.9 Å². The van der Waals surface area contributed by atoms with Crippen LogP contribution in [-0.2, 0) is 23.9 Å². The number of carboxylic acids is 1. The number of hydrogen-bond acceptors (Lipinski definition) is 4. The third-order valence-corrected chi connectivity index (χ3v) is 9.95. The van der Waals surface area contributed by atoms with Crippen molar-refractivity contribution in [3.8, 4) is 0 Å². The number of piperidine rings is 1. The van der Waals surface area contributed by atoms with Crippen LogP contribution in [0.3, 0.4) is 0 Å². The maximum atomic E-state index is 14.2. The molecular weight excluding hydrogens is 507 g/mol. The van der Waals surface area contributed by atoms with Crippen LogP contribution in [-0.4, -0.2) is 46.5 Å². The smallest absolute Gasteiger partial charge is 0.417 e. The summed E-state index contributed by atoms with van der Waals surface area (Å²) in [5.41, 5.74) is 1.28. The van der Waals surface area contributed by atoms with Gasteiger partial charge in [-0.15, -0.1) is 0 Å². The fourth-order valence-corrected chi connectivity index (χ4v) is 8.13. The lowest BCUT2D eigenvalue weighted by molar-refractivity contribution is -0.144. The molecule has 0 spiro atoms. The van der Waals surface area contributed by atoms with Gasteiger partial charge >= 0.3 is 12.1 Å². The molecule has 6 rings (SSSR count). The summed E-state index contributed by atoms with van der Waals surface area (Å²) < 4.78 is 39.9. The number of benzene rings is 1. The lowest BCUT2D eigenvalue weighted by atomic mass is 9.71. The van der Waals surface area contributed by atoms with E-state index in [-0.39, 0.29) is 24.3 Å². The summed E-state index contributed by atoms with van der Waals surface area (Å²) in [5.74, 6) is 0.325. The van der Waals surface area contributed by atoms with E-state index in [1.165, 1.54) is 0 Å². The van der Waals surface area contributed by atoms with Gasteiger partial charge in [-0.25, -0.2) is 4.79 Å². The highest BCUT2D eigenvalue weighted by molar-refractivity contribution is 5.87. The molecule has 1 amide bonds. The number of carbonyl (C=O) groups is 2. The Hall–Kier alpha value is -2.94. The standard InChI is InChI=1S/C30H34F3N3O3/c31-30(32,33)23-13-21-17-36(10-7-26(21)35-15-23)28(39)29-8-2-5-22(29)12-20(14-29)25-16-34-9-6-24(25)18-3-1-4-19(11-18)27(37)38/h1,3-4,11,13,15,20,22,24-25,34H,2,5-10,12,14,16-17H2,(H,37,38)/t20-,22+,24?,25?,29+/m0/s1. The molecule has 0 bridgehead atoms. The first-order valence-electron chi connectivity index (χ1n) is 14.0. The molecule has 2 aliphatic carbocycles. The number of nitrogens with zero attached hydrogens (tertiary/aromatic N) is 2. The van der Waals surface area contributed by atoms with Gasteiger partial charge in [0.25, 0.3) is 0 Å². The molecule has 4 aliphatic rings. The molecule has 2 aliphatic heterocycles. The van der Waals surface area contributed by atoms with Gasteiger partial charge in [0.1, 0.15) is 0 Å². The minimum Gasteiger partial charge on any atom is -0.478 e. The summed E-state index contributed by atoms with van der Waals surface area (Å²) in [7, 11) is 0. The number of pyridine rings is 1. The van der Waals surface area contributed by atoms with Crippen molar-refractivity contribution in [3.05, 3.63) is 64.5 Å². The first-order chi connectivity index (χ1) is 18.7. The average molecular weight is 542 g/mol. The molecule has 2 aromatic rings. The van der Waals surface area contributed by atoms with Crippen molar-refractivity contribution in [1.29, 1.82) is 0 Å². The largest absolute Gasteiger partial charge is 0.478 e. The van der Waals surface area contributed by atoms with Gasteiger partial charge in [0.05, 0.1) is 16.5 Å². The minimum atomic E-state index is -4.46. The molecule has 39 heavy (non-hydrogen) atoms. The van der Waals surface area contributed by atoms with Crippen LogP contribution >= 0.6 is 0 Å². The highest BCUT2D eigenvalue weighted by Gasteiger charge is 2.57. The number of alkyl halides is 3. The summed E-state index contributed by atoms with van der Waals surface area (Å²) in [6, 6.07) is 8.43. The second-order valence-corrected chi connectivity index (χ2v) is 11.9.